The smallest absolute Gasteiger partial charge is 0.251 e. The first-order valence-electron chi connectivity index (χ1n) is 14.5. The Morgan fingerprint density at radius 1 is 1.10 bits per heavy atom. The van der Waals surface area contributed by atoms with Crippen LogP contribution in [-0.4, -0.2) is 70.6 Å². The average Bonchev–Trinajstić information content (AvgIpc) is 3.68. The SMILES string of the molecule is O=C1CCNC(=O)c2cc(OCC3CC3)cc(c2)Oc2cccc(c2)CO[C@@H]2CCN(C(=O)Cn3ccnc3)C[C@@H]2N1. The van der Waals surface area contributed by atoms with Crippen LogP contribution in [0.2, 0.25) is 0 Å². The molecule has 0 radical (unpaired) electrons. The molecule has 2 fully saturated rings. The van der Waals surface area contributed by atoms with Gasteiger partial charge in [0, 0.05) is 50.1 Å². The molecule has 3 aromatic rings. The van der Waals surface area contributed by atoms with Crippen molar-refractivity contribution in [1.29, 1.82) is 0 Å². The molecular weight excluding hydrogens is 538 g/mol. The lowest BCUT2D eigenvalue weighted by Gasteiger charge is -2.39. The number of hydrogen-bond donors (Lipinski definition) is 2. The molecule has 42 heavy (non-hydrogen) atoms. The number of benzene rings is 2. The average molecular weight is 574 g/mol. The number of imidazole rings is 1. The van der Waals surface area contributed by atoms with Gasteiger partial charge in [-0.25, -0.2) is 4.98 Å². The van der Waals surface area contributed by atoms with E-state index in [0.29, 0.717) is 61.5 Å². The predicted molar refractivity (Wildman–Crippen MR) is 152 cm³/mol. The summed E-state index contributed by atoms with van der Waals surface area (Å²) < 4.78 is 20.2. The molecule has 6 rings (SSSR count). The summed E-state index contributed by atoms with van der Waals surface area (Å²) in [5.41, 5.74) is 1.29. The van der Waals surface area contributed by atoms with Crippen LogP contribution >= 0.6 is 0 Å². The Balaban J connectivity index is 1.19. The molecule has 0 unspecified atom stereocenters. The van der Waals surface area contributed by atoms with E-state index in [1.807, 2.05) is 24.3 Å². The Kier molecular flexibility index (Phi) is 8.36. The van der Waals surface area contributed by atoms with E-state index < -0.39 is 6.04 Å². The van der Waals surface area contributed by atoms with Crippen LogP contribution < -0.4 is 20.1 Å². The molecule has 1 saturated carbocycles. The molecule has 3 amide bonds. The van der Waals surface area contributed by atoms with E-state index in [2.05, 4.69) is 15.6 Å². The van der Waals surface area contributed by atoms with Crippen molar-refractivity contribution in [3.63, 3.8) is 0 Å². The first kappa shape index (κ1) is 27.8. The van der Waals surface area contributed by atoms with Crippen LogP contribution in [0.1, 0.15) is 41.6 Å². The molecule has 1 saturated heterocycles. The van der Waals surface area contributed by atoms with Gasteiger partial charge in [0.15, 0.2) is 0 Å². The van der Waals surface area contributed by atoms with Gasteiger partial charge < -0.3 is 34.3 Å². The van der Waals surface area contributed by atoms with E-state index in [9.17, 15) is 14.4 Å². The normalized spacial score (nSPS) is 21.3. The van der Waals surface area contributed by atoms with E-state index in [-0.39, 0.29) is 43.3 Å². The molecule has 2 aliphatic heterocycles. The van der Waals surface area contributed by atoms with E-state index in [1.54, 1.807) is 46.4 Å². The minimum Gasteiger partial charge on any atom is -0.493 e. The molecule has 11 heteroatoms. The molecule has 2 aromatic carbocycles. The minimum atomic E-state index is -0.398. The first-order chi connectivity index (χ1) is 20.5. The number of hydrogen-bond acceptors (Lipinski definition) is 7. The second-order valence-corrected chi connectivity index (χ2v) is 11.1. The number of ether oxygens (including phenoxy) is 3. The van der Waals surface area contributed by atoms with Crippen molar-refractivity contribution >= 4 is 17.7 Å². The quantitative estimate of drug-likeness (QED) is 0.481. The molecule has 0 spiro atoms. The standard InChI is InChI=1S/C31H35N5O6/c37-29-6-8-33-31(39)23-13-25(40-18-21-4-5-21)15-26(14-23)42-24-3-1-2-22(12-24)19-41-28-7-10-36(16-27(28)34-29)30(38)17-35-11-9-32-20-35/h1-3,9,11-15,20-21,27-28H,4-8,10,16-19H2,(H,33,39)(H,34,37)/t27-,28+/m0/s1. The Morgan fingerprint density at radius 2 is 2.00 bits per heavy atom. The lowest BCUT2D eigenvalue weighted by Crippen LogP contribution is -2.57. The van der Waals surface area contributed by atoms with Gasteiger partial charge in [-0.2, -0.15) is 0 Å². The number of amides is 3. The Morgan fingerprint density at radius 3 is 2.83 bits per heavy atom. The number of nitrogens with one attached hydrogen (secondary N) is 2. The van der Waals surface area contributed by atoms with Crippen LogP contribution in [0.4, 0.5) is 0 Å². The van der Waals surface area contributed by atoms with Crippen LogP contribution in [0.5, 0.6) is 17.2 Å². The van der Waals surface area contributed by atoms with Gasteiger partial charge >= 0.3 is 0 Å². The molecule has 11 nitrogen and oxygen atoms in total. The molecule has 1 aliphatic carbocycles. The van der Waals surface area contributed by atoms with Crippen LogP contribution in [0, 0.1) is 5.92 Å². The fraction of sp³-hybridized carbons (Fsp3) is 0.419. The van der Waals surface area contributed by atoms with Crippen molar-refractivity contribution in [2.24, 2.45) is 5.92 Å². The molecular formula is C31H35N5O6. The number of nitrogens with zero attached hydrogens (tertiary/aromatic N) is 3. The number of fused-ring (bicyclic) bond motifs is 5. The van der Waals surface area contributed by atoms with Crippen molar-refractivity contribution in [3.05, 3.63) is 72.3 Å². The number of carbonyl (C=O) groups excluding carboxylic acids is 3. The van der Waals surface area contributed by atoms with Crippen LogP contribution in [-0.2, 0) is 27.5 Å². The van der Waals surface area contributed by atoms with Gasteiger partial charge in [-0.1, -0.05) is 12.1 Å². The maximum atomic E-state index is 13.1. The zero-order valence-electron chi connectivity index (χ0n) is 23.4. The Bertz CT molecular complexity index is 1420. The summed E-state index contributed by atoms with van der Waals surface area (Å²) in [6.45, 7) is 2.09. The summed E-state index contributed by atoms with van der Waals surface area (Å²) in [5, 5.41) is 5.89. The van der Waals surface area contributed by atoms with Crippen LogP contribution in [0.25, 0.3) is 0 Å². The van der Waals surface area contributed by atoms with Crippen LogP contribution in [0.15, 0.2) is 61.2 Å². The fourth-order valence-corrected chi connectivity index (χ4v) is 5.18. The van der Waals surface area contributed by atoms with E-state index in [4.69, 9.17) is 14.2 Å². The van der Waals surface area contributed by atoms with E-state index >= 15 is 0 Å². The zero-order valence-corrected chi connectivity index (χ0v) is 23.4. The Hall–Kier alpha value is -4.38. The third-order valence-electron chi connectivity index (χ3n) is 7.69. The summed E-state index contributed by atoms with van der Waals surface area (Å²) in [7, 11) is 0. The van der Waals surface area contributed by atoms with Crippen molar-refractivity contribution in [2.45, 2.75) is 51.0 Å². The van der Waals surface area contributed by atoms with Gasteiger partial charge in [-0.3, -0.25) is 14.4 Å². The van der Waals surface area contributed by atoms with Crippen molar-refractivity contribution in [1.82, 2.24) is 25.1 Å². The highest BCUT2D eigenvalue weighted by atomic mass is 16.5. The van der Waals surface area contributed by atoms with Crippen molar-refractivity contribution < 1.29 is 28.6 Å². The second kappa shape index (κ2) is 12.6. The molecule has 4 bridgehead atoms. The van der Waals surface area contributed by atoms with Gasteiger partial charge in [0.2, 0.25) is 11.8 Å². The summed E-state index contributed by atoms with van der Waals surface area (Å²) >= 11 is 0. The number of piperidine rings is 1. The molecule has 1 aromatic heterocycles. The maximum absolute atomic E-state index is 13.1. The predicted octanol–water partition coefficient (Wildman–Crippen LogP) is 2.90. The molecule has 2 atom stereocenters. The van der Waals surface area contributed by atoms with Gasteiger partial charge in [-0.05, 0) is 55.0 Å². The molecule has 3 heterocycles. The third kappa shape index (κ3) is 7.27. The summed E-state index contributed by atoms with van der Waals surface area (Å²) in [4.78, 5) is 44.8. The van der Waals surface area contributed by atoms with E-state index in [1.165, 1.54) is 0 Å². The fourth-order valence-electron chi connectivity index (χ4n) is 5.18. The third-order valence-corrected chi connectivity index (χ3v) is 7.69. The second-order valence-electron chi connectivity index (χ2n) is 11.1. The molecule has 3 aliphatic rings. The highest BCUT2D eigenvalue weighted by Crippen LogP contribution is 2.32. The summed E-state index contributed by atoms with van der Waals surface area (Å²) in [6.07, 6.45) is 7.66. The zero-order chi connectivity index (χ0) is 28.9. The topological polar surface area (TPSA) is 124 Å². The van der Waals surface area contributed by atoms with Crippen LogP contribution in [0.3, 0.4) is 0 Å². The summed E-state index contributed by atoms with van der Waals surface area (Å²) in [6, 6.07) is 12.3. The van der Waals surface area contributed by atoms with Gasteiger partial charge in [-0.15, -0.1) is 0 Å². The minimum absolute atomic E-state index is 0.0524. The lowest BCUT2D eigenvalue weighted by atomic mass is 10.0. The largest absolute Gasteiger partial charge is 0.493 e. The first-order valence-corrected chi connectivity index (χ1v) is 14.5. The monoisotopic (exact) mass is 573 g/mol. The van der Waals surface area contributed by atoms with Gasteiger partial charge in [0.05, 0.1) is 31.7 Å². The highest BCUT2D eigenvalue weighted by molar-refractivity contribution is 5.95. The van der Waals surface area contributed by atoms with Gasteiger partial charge in [0.25, 0.3) is 5.91 Å². The molecule has 2 N–H and O–H groups in total. The van der Waals surface area contributed by atoms with Gasteiger partial charge in [0.1, 0.15) is 23.8 Å². The lowest BCUT2D eigenvalue weighted by molar-refractivity contribution is -0.137. The highest BCUT2D eigenvalue weighted by Gasteiger charge is 2.33. The number of rotatable bonds is 5. The van der Waals surface area contributed by atoms with E-state index in [0.717, 1.165) is 18.4 Å². The van der Waals surface area contributed by atoms with Crippen molar-refractivity contribution in [3.8, 4) is 17.2 Å². The molecule has 220 valence electrons. The number of carbonyl (C=O) groups is 3. The number of likely N-dealkylation sites (tertiary alicyclic amines) is 1. The number of aromatic nitrogens is 2. The van der Waals surface area contributed by atoms with Crippen molar-refractivity contribution in [2.75, 3.05) is 26.2 Å². The Labute approximate surface area is 244 Å². The maximum Gasteiger partial charge on any atom is 0.251 e. The summed E-state index contributed by atoms with van der Waals surface area (Å²) in [5.74, 6) is 1.62.